The Morgan fingerprint density at radius 3 is 2.69 bits per heavy atom. The van der Waals surface area contributed by atoms with E-state index in [1.165, 1.54) is 18.3 Å². The lowest BCUT2D eigenvalue weighted by Crippen LogP contribution is -2.24. The van der Waals surface area contributed by atoms with Crippen molar-refractivity contribution < 1.29 is 13.2 Å². The quantitative estimate of drug-likeness (QED) is 0.686. The number of alkyl halides is 3. The largest absolute Gasteiger partial charge is 0.433 e. The molecule has 0 saturated carbocycles. The molecule has 0 aliphatic rings. The summed E-state index contributed by atoms with van der Waals surface area (Å²) in [6.45, 7) is 1.08. The molecule has 2 aromatic rings. The molecule has 4 nitrogen and oxygen atoms in total. The molecule has 16 heavy (non-hydrogen) atoms. The third-order valence-electron chi connectivity index (χ3n) is 2.10. The van der Waals surface area contributed by atoms with Crippen LogP contribution >= 0.6 is 0 Å². The van der Waals surface area contributed by atoms with Crippen LogP contribution in [-0.4, -0.2) is 14.6 Å². The molecule has 0 amide bonds. The van der Waals surface area contributed by atoms with Gasteiger partial charge in [0.15, 0.2) is 11.3 Å². The first-order valence-electron chi connectivity index (χ1n) is 4.33. The highest BCUT2D eigenvalue weighted by Gasteiger charge is 2.37. The minimum Gasteiger partial charge on any atom is -0.267 e. The van der Waals surface area contributed by atoms with E-state index in [1.54, 1.807) is 0 Å². The van der Waals surface area contributed by atoms with E-state index in [2.05, 4.69) is 10.1 Å². The highest BCUT2D eigenvalue weighted by molar-refractivity contribution is 5.39. The fourth-order valence-electron chi connectivity index (χ4n) is 1.40. The van der Waals surface area contributed by atoms with Crippen molar-refractivity contribution in [3.05, 3.63) is 39.9 Å². The van der Waals surface area contributed by atoms with E-state index < -0.39 is 23.0 Å². The van der Waals surface area contributed by atoms with E-state index in [-0.39, 0.29) is 5.65 Å². The second-order valence-electron chi connectivity index (χ2n) is 3.18. The fourth-order valence-corrected chi connectivity index (χ4v) is 1.40. The monoisotopic (exact) mass is 229 g/mol. The first-order chi connectivity index (χ1) is 7.41. The number of hydrogen-bond acceptors (Lipinski definition) is 3. The van der Waals surface area contributed by atoms with Crippen LogP contribution in [0.25, 0.3) is 5.65 Å². The summed E-state index contributed by atoms with van der Waals surface area (Å²) in [4.78, 5) is 14.7. The Morgan fingerprint density at radius 1 is 1.38 bits per heavy atom. The number of nitrogens with zero attached hydrogens (tertiary/aromatic N) is 3. The maximum absolute atomic E-state index is 12.7. The Kier molecular flexibility index (Phi) is 2.18. The van der Waals surface area contributed by atoms with Gasteiger partial charge in [-0.05, 0) is 19.1 Å². The van der Waals surface area contributed by atoms with Crippen LogP contribution < -0.4 is 5.56 Å². The van der Waals surface area contributed by atoms with Gasteiger partial charge in [-0.15, -0.1) is 0 Å². The van der Waals surface area contributed by atoms with E-state index in [0.717, 1.165) is 6.92 Å². The van der Waals surface area contributed by atoms with E-state index in [4.69, 9.17) is 0 Å². The lowest BCUT2D eigenvalue weighted by atomic mass is 10.2. The zero-order valence-electron chi connectivity index (χ0n) is 8.12. The minimum atomic E-state index is -4.64. The lowest BCUT2D eigenvalue weighted by Gasteiger charge is -2.12. The van der Waals surface area contributed by atoms with Gasteiger partial charge in [-0.2, -0.15) is 23.3 Å². The van der Waals surface area contributed by atoms with Crippen molar-refractivity contribution >= 4 is 5.65 Å². The summed E-state index contributed by atoms with van der Waals surface area (Å²) >= 11 is 0. The molecule has 0 aromatic carbocycles. The number of halogens is 3. The molecule has 2 heterocycles. The molecule has 0 aliphatic carbocycles. The van der Waals surface area contributed by atoms with Crippen molar-refractivity contribution in [2.24, 2.45) is 0 Å². The maximum Gasteiger partial charge on any atom is 0.433 e. The molecular formula is C9H6F3N3O. The summed E-state index contributed by atoms with van der Waals surface area (Å²) in [6, 6.07) is 2.71. The van der Waals surface area contributed by atoms with E-state index >= 15 is 0 Å². The zero-order chi connectivity index (χ0) is 11.9. The van der Waals surface area contributed by atoms with Crippen molar-refractivity contribution in [3.63, 3.8) is 0 Å². The van der Waals surface area contributed by atoms with Crippen molar-refractivity contribution in [1.82, 2.24) is 14.6 Å². The molecule has 0 saturated heterocycles. The maximum atomic E-state index is 12.7. The van der Waals surface area contributed by atoms with Crippen LogP contribution in [0.4, 0.5) is 13.2 Å². The van der Waals surface area contributed by atoms with Gasteiger partial charge in [0.25, 0.3) is 5.56 Å². The number of hydrogen-bond donors (Lipinski definition) is 0. The molecule has 0 bridgehead atoms. The van der Waals surface area contributed by atoms with Gasteiger partial charge in [0.05, 0.1) is 0 Å². The molecule has 0 fully saturated rings. The van der Waals surface area contributed by atoms with Crippen LogP contribution in [0.2, 0.25) is 0 Å². The number of fused-ring (bicyclic) bond motifs is 1. The standard InChI is InChI=1S/C9H6F3N3O/c1-5-7(9(10,11)12)15-6(14-8(5)16)3-2-4-13-15/h2-4H,1H3. The molecule has 0 atom stereocenters. The molecular weight excluding hydrogens is 223 g/mol. The number of aromatic nitrogens is 3. The molecule has 2 rings (SSSR count). The molecule has 0 N–H and O–H groups in total. The van der Waals surface area contributed by atoms with Crippen molar-refractivity contribution in [3.8, 4) is 0 Å². The average Bonchev–Trinajstić information content (AvgIpc) is 2.17. The summed E-state index contributed by atoms with van der Waals surface area (Å²) in [5.74, 6) is 0. The second-order valence-corrected chi connectivity index (χ2v) is 3.18. The van der Waals surface area contributed by atoms with E-state index in [9.17, 15) is 18.0 Å². The second kappa shape index (κ2) is 3.29. The van der Waals surface area contributed by atoms with Crippen LogP contribution in [0.1, 0.15) is 11.3 Å². The summed E-state index contributed by atoms with van der Waals surface area (Å²) in [7, 11) is 0. The lowest BCUT2D eigenvalue weighted by molar-refractivity contribution is -0.143. The Morgan fingerprint density at radius 2 is 2.06 bits per heavy atom. The molecule has 0 spiro atoms. The predicted molar refractivity (Wildman–Crippen MR) is 49.0 cm³/mol. The van der Waals surface area contributed by atoms with Gasteiger partial charge in [0, 0.05) is 11.8 Å². The van der Waals surface area contributed by atoms with E-state index in [0.29, 0.717) is 4.52 Å². The van der Waals surface area contributed by atoms with Gasteiger partial charge in [-0.25, -0.2) is 4.52 Å². The third-order valence-corrected chi connectivity index (χ3v) is 2.10. The first-order valence-corrected chi connectivity index (χ1v) is 4.33. The summed E-state index contributed by atoms with van der Waals surface area (Å²) in [5.41, 5.74) is -2.54. The minimum absolute atomic E-state index is 0.120. The molecule has 0 radical (unpaired) electrons. The molecule has 7 heteroatoms. The average molecular weight is 229 g/mol. The van der Waals surface area contributed by atoms with Gasteiger partial charge in [-0.3, -0.25) is 4.79 Å². The van der Waals surface area contributed by atoms with E-state index in [1.807, 2.05) is 0 Å². The van der Waals surface area contributed by atoms with Crippen LogP contribution in [0, 0.1) is 6.92 Å². The SMILES string of the molecule is Cc1c(C(F)(F)F)n2ncccc2nc1=O. The van der Waals surface area contributed by atoms with Crippen LogP contribution in [0.15, 0.2) is 23.1 Å². The summed E-state index contributed by atoms with van der Waals surface area (Å²) < 4.78 is 38.8. The highest BCUT2D eigenvalue weighted by atomic mass is 19.4. The summed E-state index contributed by atoms with van der Waals surface area (Å²) in [5, 5.41) is 3.54. The Labute approximate surface area is 87.4 Å². The topological polar surface area (TPSA) is 47.3 Å². The van der Waals surface area contributed by atoms with Crippen LogP contribution in [0.5, 0.6) is 0 Å². The van der Waals surface area contributed by atoms with Crippen LogP contribution in [0.3, 0.4) is 0 Å². The summed E-state index contributed by atoms with van der Waals surface area (Å²) in [6.07, 6.45) is -3.43. The van der Waals surface area contributed by atoms with Crippen LogP contribution in [-0.2, 0) is 6.18 Å². The van der Waals surface area contributed by atoms with Crippen molar-refractivity contribution in [2.45, 2.75) is 13.1 Å². The normalized spacial score (nSPS) is 12.0. The Balaban J connectivity index is 2.99. The van der Waals surface area contributed by atoms with Gasteiger partial charge >= 0.3 is 6.18 Å². The molecule has 0 unspecified atom stereocenters. The van der Waals surface area contributed by atoms with Crippen molar-refractivity contribution in [1.29, 1.82) is 0 Å². The fraction of sp³-hybridized carbons (Fsp3) is 0.222. The first kappa shape index (κ1) is 10.6. The third kappa shape index (κ3) is 1.54. The highest BCUT2D eigenvalue weighted by Crippen LogP contribution is 2.29. The van der Waals surface area contributed by atoms with Gasteiger partial charge in [0.1, 0.15) is 0 Å². The Hall–Kier alpha value is -1.92. The molecule has 84 valence electrons. The smallest absolute Gasteiger partial charge is 0.267 e. The number of rotatable bonds is 0. The van der Waals surface area contributed by atoms with Gasteiger partial charge in [-0.1, -0.05) is 0 Å². The molecule has 2 aromatic heterocycles. The van der Waals surface area contributed by atoms with Gasteiger partial charge in [0.2, 0.25) is 0 Å². The predicted octanol–water partition coefficient (Wildman–Crippen LogP) is 1.42. The van der Waals surface area contributed by atoms with Gasteiger partial charge < -0.3 is 0 Å². The molecule has 0 aliphatic heterocycles. The zero-order valence-corrected chi connectivity index (χ0v) is 8.12. The van der Waals surface area contributed by atoms with Crippen molar-refractivity contribution in [2.75, 3.05) is 0 Å². The Bertz CT molecular complexity index is 603.